The Morgan fingerprint density at radius 2 is 1.85 bits per heavy atom. The molecule has 3 atom stereocenters. The van der Waals surface area contributed by atoms with Gasteiger partial charge in [-0.25, -0.2) is 4.79 Å². The Morgan fingerprint density at radius 1 is 1.10 bits per heavy atom. The number of ketones is 1. The number of fused-ring (bicyclic) bond motifs is 3. The van der Waals surface area contributed by atoms with Crippen LogP contribution in [0.2, 0.25) is 0 Å². The van der Waals surface area contributed by atoms with Gasteiger partial charge in [0.05, 0.1) is 12.7 Å². The van der Waals surface area contributed by atoms with Crippen molar-refractivity contribution in [2.75, 3.05) is 25.2 Å². The van der Waals surface area contributed by atoms with Crippen LogP contribution in [0.25, 0.3) is 21.8 Å². The van der Waals surface area contributed by atoms with Gasteiger partial charge in [0.25, 0.3) is 0 Å². The zero-order valence-electron chi connectivity index (χ0n) is 23.7. The summed E-state index contributed by atoms with van der Waals surface area (Å²) in [5, 5.41) is 5.51. The smallest absolute Gasteiger partial charge is 0.336 e. The molecular formula is C32H36N2O5S. The van der Waals surface area contributed by atoms with Crippen LogP contribution in [-0.4, -0.2) is 47.5 Å². The van der Waals surface area contributed by atoms with Crippen molar-refractivity contribution < 1.29 is 23.9 Å². The summed E-state index contributed by atoms with van der Waals surface area (Å²) in [4.78, 5) is 40.5. The molecule has 0 saturated heterocycles. The number of dihydropyridines is 1. The van der Waals surface area contributed by atoms with E-state index in [-0.39, 0.29) is 18.3 Å². The number of para-hydroxylation sites is 1. The first-order valence-corrected chi connectivity index (χ1v) is 15.1. The molecule has 1 N–H and O–H groups in total. The predicted octanol–water partition coefficient (Wildman–Crippen LogP) is 5.72. The van der Waals surface area contributed by atoms with Gasteiger partial charge in [0, 0.05) is 57.0 Å². The molecule has 0 radical (unpaired) electrons. The number of carbonyl (C=O) groups is 3. The summed E-state index contributed by atoms with van der Waals surface area (Å²) in [7, 11) is 1.31. The number of allylic oxidation sites excluding steroid dienone is 3. The molecule has 0 amide bonds. The monoisotopic (exact) mass is 560 g/mol. The zero-order valence-corrected chi connectivity index (χ0v) is 24.5. The molecule has 2 aromatic carbocycles. The molecule has 3 aromatic rings. The van der Waals surface area contributed by atoms with Gasteiger partial charge < -0.3 is 19.4 Å². The summed E-state index contributed by atoms with van der Waals surface area (Å²) >= 11 is 1.70. The molecule has 7 nitrogen and oxygen atoms in total. The van der Waals surface area contributed by atoms with E-state index in [9.17, 15) is 14.4 Å². The number of thioether (sulfide) groups is 1. The molecule has 0 spiro atoms. The van der Waals surface area contributed by atoms with Gasteiger partial charge in [-0.3, -0.25) is 9.59 Å². The highest BCUT2D eigenvalue weighted by atomic mass is 32.2. The van der Waals surface area contributed by atoms with Crippen LogP contribution in [0.5, 0.6) is 0 Å². The minimum atomic E-state index is -0.921. The van der Waals surface area contributed by atoms with Crippen molar-refractivity contribution >= 4 is 51.3 Å². The number of nitrogens with zero attached hydrogens (tertiary/aromatic N) is 1. The molecular weight excluding hydrogens is 524 g/mol. The standard InChI is InChI=1S/C32H36N2O5S/c1-6-34-24-11-9-8-10-21(24)22-17-20(12-13-25(22)34)28-27(32(37)39-14-15-40-7-2)19(4)33-23-16-18(3)26(31(36)38-5)30(35)29(23)28/h8-13,17-18,26,28,33H,6-7,14-16H2,1-5H3/t18-,26-,28-/m1/s1. The third-order valence-corrected chi connectivity index (χ3v) is 8.94. The van der Waals surface area contributed by atoms with Gasteiger partial charge in [-0.15, -0.1) is 0 Å². The number of benzene rings is 2. The quantitative estimate of drug-likeness (QED) is 0.214. The largest absolute Gasteiger partial charge is 0.468 e. The van der Waals surface area contributed by atoms with E-state index in [0.717, 1.165) is 45.4 Å². The van der Waals surface area contributed by atoms with Crippen LogP contribution in [0.4, 0.5) is 0 Å². The number of hydrogen-bond acceptors (Lipinski definition) is 7. The number of aromatic nitrogens is 1. The van der Waals surface area contributed by atoms with Gasteiger partial charge in [-0.05, 0) is 55.7 Å². The molecule has 2 aliphatic rings. The van der Waals surface area contributed by atoms with E-state index in [2.05, 4.69) is 48.0 Å². The zero-order chi connectivity index (χ0) is 28.6. The molecule has 40 heavy (non-hydrogen) atoms. The van der Waals surface area contributed by atoms with Crippen molar-refractivity contribution in [2.24, 2.45) is 11.8 Å². The van der Waals surface area contributed by atoms with E-state index in [1.54, 1.807) is 11.8 Å². The highest BCUT2D eigenvalue weighted by molar-refractivity contribution is 7.99. The molecule has 210 valence electrons. The minimum Gasteiger partial charge on any atom is -0.468 e. The maximum atomic E-state index is 14.1. The van der Waals surface area contributed by atoms with E-state index in [0.29, 0.717) is 29.0 Å². The molecule has 0 saturated carbocycles. The Bertz CT molecular complexity index is 1570. The fourth-order valence-electron chi connectivity index (χ4n) is 6.29. The van der Waals surface area contributed by atoms with E-state index in [4.69, 9.17) is 9.47 Å². The summed E-state index contributed by atoms with van der Waals surface area (Å²) in [6.07, 6.45) is 0.502. The second kappa shape index (κ2) is 11.5. The van der Waals surface area contributed by atoms with Crippen molar-refractivity contribution in [1.29, 1.82) is 0 Å². The maximum Gasteiger partial charge on any atom is 0.336 e. The second-order valence-corrected chi connectivity index (χ2v) is 11.8. The van der Waals surface area contributed by atoms with E-state index in [1.165, 1.54) is 7.11 Å². The number of aryl methyl sites for hydroxylation is 1. The lowest BCUT2D eigenvalue weighted by Crippen LogP contribution is -2.43. The van der Waals surface area contributed by atoms with E-state index in [1.807, 2.05) is 32.0 Å². The number of methoxy groups -OCH3 is 1. The van der Waals surface area contributed by atoms with E-state index >= 15 is 0 Å². The van der Waals surface area contributed by atoms with Gasteiger partial charge in [-0.1, -0.05) is 38.1 Å². The van der Waals surface area contributed by atoms with Crippen LogP contribution >= 0.6 is 11.8 Å². The third kappa shape index (κ3) is 4.72. The first kappa shape index (κ1) is 28.0. The normalized spacial score (nSPS) is 21.0. The average molecular weight is 561 g/mol. The van der Waals surface area contributed by atoms with Crippen LogP contribution in [0.3, 0.4) is 0 Å². The molecule has 1 aliphatic carbocycles. The lowest BCUT2D eigenvalue weighted by Gasteiger charge is -2.38. The molecule has 0 fully saturated rings. The van der Waals surface area contributed by atoms with Crippen LogP contribution < -0.4 is 5.32 Å². The third-order valence-electron chi connectivity index (χ3n) is 8.07. The predicted molar refractivity (Wildman–Crippen MR) is 159 cm³/mol. The SMILES string of the molecule is CCSCCOC(=O)C1=C(C)NC2=C(C(=O)[C@H](C(=O)OC)[C@H](C)C2)[C@@H]1c1ccc2c(c1)c1ccccc1n2CC. The number of carbonyl (C=O) groups excluding carboxylic acids is 3. The molecule has 0 bridgehead atoms. The van der Waals surface area contributed by atoms with Crippen molar-refractivity contribution in [3.8, 4) is 0 Å². The van der Waals surface area contributed by atoms with Crippen molar-refractivity contribution in [2.45, 2.75) is 46.6 Å². The summed E-state index contributed by atoms with van der Waals surface area (Å²) in [6.45, 7) is 9.03. The number of esters is 2. The lowest BCUT2D eigenvalue weighted by molar-refractivity contribution is -0.151. The van der Waals surface area contributed by atoms with Gasteiger partial charge in [0.1, 0.15) is 12.5 Å². The fraction of sp³-hybridized carbons (Fsp3) is 0.406. The van der Waals surface area contributed by atoms with Crippen LogP contribution in [0.15, 0.2) is 65.0 Å². The number of rotatable bonds is 8. The molecule has 0 unspecified atom stereocenters. The Kier molecular flexibility index (Phi) is 8.08. The molecule has 2 heterocycles. The van der Waals surface area contributed by atoms with Crippen LogP contribution in [-0.2, 0) is 30.4 Å². The highest BCUT2D eigenvalue weighted by Crippen LogP contribution is 2.46. The van der Waals surface area contributed by atoms with Crippen molar-refractivity contribution in [3.63, 3.8) is 0 Å². The summed E-state index contributed by atoms with van der Waals surface area (Å²) in [5.74, 6) is -1.47. The fourth-order valence-corrected chi connectivity index (χ4v) is 6.78. The summed E-state index contributed by atoms with van der Waals surface area (Å²) in [6, 6.07) is 14.4. The van der Waals surface area contributed by atoms with Crippen molar-refractivity contribution in [3.05, 3.63) is 70.6 Å². The van der Waals surface area contributed by atoms with Gasteiger partial charge in [-0.2, -0.15) is 11.8 Å². The van der Waals surface area contributed by atoms with Crippen molar-refractivity contribution in [1.82, 2.24) is 9.88 Å². The first-order valence-electron chi connectivity index (χ1n) is 13.9. The number of hydrogen-bond donors (Lipinski definition) is 1. The van der Waals surface area contributed by atoms with Gasteiger partial charge in [0.15, 0.2) is 5.78 Å². The summed E-state index contributed by atoms with van der Waals surface area (Å²) in [5.41, 5.74) is 5.33. The second-order valence-electron chi connectivity index (χ2n) is 10.4. The number of Topliss-reactive ketones (excluding diaryl/α,β-unsaturated/α-hetero) is 1. The maximum absolute atomic E-state index is 14.1. The Hall–Kier alpha value is -3.52. The van der Waals surface area contributed by atoms with Crippen LogP contribution in [0.1, 0.15) is 45.6 Å². The molecule has 5 rings (SSSR count). The first-order chi connectivity index (χ1) is 19.3. The van der Waals surface area contributed by atoms with Gasteiger partial charge in [0.2, 0.25) is 0 Å². The minimum absolute atomic E-state index is 0.232. The number of nitrogens with one attached hydrogen (secondary N) is 1. The topological polar surface area (TPSA) is 86.6 Å². The Labute approximate surface area is 239 Å². The average Bonchev–Trinajstić information content (AvgIpc) is 3.27. The highest BCUT2D eigenvalue weighted by Gasteiger charge is 2.47. The molecule has 8 heteroatoms. The van der Waals surface area contributed by atoms with E-state index < -0.39 is 23.8 Å². The van der Waals surface area contributed by atoms with Crippen LogP contribution in [0, 0.1) is 11.8 Å². The Morgan fingerprint density at radius 3 is 2.58 bits per heavy atom. The van der Waals surface area contributed by atoms with Gasteiger partial charge >= 0.3 is 11.9 Å². The Balaban J connectivity index is 1.68. The lowest BCUT2D eigenvalue weighted by atomic mass is 9.69. The summed E-state index contributed by atoms with van der Waals surface area (Å²) < 4.78 is 13.0. The molecule has 1 aliphatic heterocycles. The molecule has 1 aromatic heterocycles. The number of ether oxygens (including phenoxy) is 2.